The van der Waals surface area contributed by atoms with Gasteiger partial charge >= 0.3 is 5.97 Å². The first-order valence-corrected chi connectivity index (χ1v) is 8.49. The van der Waals surface area contributed by atoms with Crippen LogP contribution in [0.4, 0.5) is 0 Å². The van der Waals surface area contributed by atoms with Crippen molar-refractivity contribution in [1.29, 1.82) is 0 Å². The second kappa shape index (κ2) is 9.36. The average Bonchev–Trinajstić information content (AvgIpc) is 3.00. The number of nitrogens with zero attached hydrogens (tertiary/aromatic N) is 1. The minimum Gasteiger partial charge on any atom is -0.480 e. The van der Waals surface area contributed by atoms with Gasteiger partial charge in [0.05, 0.1) is 12.6 Å². The predicted octanol–water partition coefficient (Wildman–Crippen LogP) is -0.944. The molecule has 3 amide bonds. The van der Waals surface area contributed by atoms with E-state index in [0.717, 1.165) is 0 Å². The number of rotatable bonds is 8. The predicted molar refractivity (Wildman–Crippen MR) is 90.4 cm³/mol. The van der Waals surface area contributed by atoms with E-state index < -0.39 is 41.8 Å². The highest BCUT2D eigenvalue weighted by atomic mass is 16.4. The topological polar surface area (TPSA) is 142 Å². The summed E-state index contributed by atoms with van der Waals surface area (Å²) in [7, 11) is 0. The Morgan fingerprint density at radius 2 is 1.88 bits per heavy atom. The van der Waals surface area contributed by atoms with Crippen molar-refractivity contribution in [2.45, 2.75) is 58.2 Å². The number of nitrogens with one attached hydrogen (secondary N) is 2. The van der Waals surface area contributed by atoms with Gasteiger partial charge in [-0.1, -0.05) is 13.8 Å². The highest BCUT2D eigenvalue weighted by molar-refractivity contribution is 5.92. The molecule has 3 unspecified atom stereocenters. The van der Waals surface area contributed by atoms with E-state index in [-0.39, 0.29) is 12.5 Å². The lowest BCUT2D eigenvalue weighted by Crippen LogP contribution is -2.52. The summed E-state index contributed by atoms with van der Waals surface area (Å²) in [6.45, 7) is 5.44. The van der Waals surface area contributed by atoms with Crippen molar-refractivity contribution in [2.75, 3.05) is 13.1 Å². The molecule has 0 radical (unpaired) electrons. The molecule has 0 bridgehead atoms. The van der Waals surface area contributed by atoms with Crippen LogP contribution in [0.1, 0.15) is 40.0 Å². The van der Waals surface area contributed by atoms with Crippen LogP contribution in [0.25, 0.3) is 0 Å². The number of hydrogen-bond donors (Lipinski definition) is 4. The number of carbonyl (C=O) groups is 4. The van der Waals surface area contributed by atoms with Gasteiger partial charge in [-0.2, -0.15) is 0 Å². The van der Waals surface area contributed by atoms with E-state index >= 15 is 0 Å². The van der Waals surface area contributed by atoms with Crippen LogP contribution in [-0.2, 0) is 19.2 Å². The maximum Gasteiger partial charge on any atom is 0.326 e. The van der Waals surface area contributed by atoms with E-state index in [9.17, 15) is 19.2 Å². The maximum atomic E-state index is 12.3. The first kappa shape index (κ1) is 20.9. The quantitative estimate of drug-likeness (QED) is 0.442. The number of amides is 3. The summed E-state index contributed by atoms with van der Waals surface area (Å²) in [5.41, 5.74) is 5.72. The Kier molecular flexibility index (Phi) is 7.82. The van der Waals surface area contributed by atoms with Crippen molar-refractivity contribution in [3.05, 3.63) is 0 Å². The molecule has 1 heterocycles. The first-order valence-electron chi connectivity index (χ1n) is 8.49. The van der Waals surface area contributed by atoms with Gasteiger partial charge in [0.1, 0.15) is 12.1 Å². The number of likely N-dealkylation sites (tertiary alicyclic amines) is 1. The largest absolute Gasteiger partial charge is 0.480 e. The van der Waals surface area contributed by atoms with Crippen LogP contribution in [0.2, 0.25) is 0 Å². The molecule has 9 heteroatoms. The monoisotopic (exact) mass is 356 g/mol. The summed E-state index contributed by atoms with van der Waals surface area (Å²) < 4.78 is 0. The Bertz CT molecular complexity index is 523. The molecule has 9 nitrogen and oxygen atoms in total. The highest BCUT2D eigenvalue weighted by Crippen LogP contribution is 2.18. The molecule has 1 aliphatic rings. The number of carbonyl (C=O) groups excluding carboxylic acids is 3. The molecule has 142 valence electrons. The second-order valence-electron chi connectivity index (χ2n) is 6.77. The van der Waals surface area contributed by atoms with Gasteiger partial charge in [-0.15, -0.1) is 0 Å². The van der Waals surface area contributed by atoms with E-state index in [1.807, 2.05) is 13.8 Å². The molecule has 0 saturated carbocycles. The standard InChI is InChI=1S/C16H28N4O5/c1-9(2)7-11(17)14(22)18-8-13(21)19-10(3)15(23)20-6-4-5-12(20)16(24)25/h9-12H,4-8,17H2,1-3H3,(H,18,22)(H,19,21)(H,24,25). The molecule has 0 aromatic heterocycles. The van der Waals surface area contributed by atoms with Crippen LogP contribution in [0.3, 0.4) is 0 Å². The van der Waals surface area contributed by atoms with Gasteiger partial charge in [-0.3, -0.25) is 14.4 Å². The summed E-state index contributed by atoms with van der Waals surface area (Å²) in [4.78, 5) is 48.4. The van der Waals surface area contributed by atoms with E-state index in [4.69, 9.17) is 10.8 Å². The van der Waals surface area contributed by atoms with E-state index in [0.29, 0.717) is 25.8 Å². The fourth-order valence-corrected chi connectivity index (χ4v) is 2.80. The van der Waals surface area contributed by atoms with Crippen molar-refractivity contribution in [3.63, 3.8) is 0 Å². The lowest BCUT2D eigenvalue weighted by atomic mass is 10.0. The van der Waals surface area contributed by atoms with Gasteiger partial charge in [0, 0.05) is 6.54 Å². The lowest BCUT2D eigenvalue weighted by molar-refractivity contribution is -0.149. The SMILES string of the molecule is CC(C)CC(N)C(=O)NCC(=O)NC(C)C(=O)N1CCCC1C(=O)O. The van der Waals surface area contributed by atoms with Gasteiger partial charge in [0.25, 0.3) is 0 Å². The zero-order chi connectivity index (χ0) is 19.1. The molecule has 1 saturated heterocycles. The minimum atomic E-state index is -1.05. The zero-order valence-electron chi connectivity index (χ0n) is 14.9. The molecule has 0 aliphatic carbocycles. The molecule has 1 aliphatic heterocycles. The van der Waals surface area contributed by atoms with Crippen LogP contribution in [-0.4, -0.2) is 64.9 Å². The van der Waals surface area contributed by atoms with Gasteiger partial charge in [0.15, 0.2) is 0 Å². The van der Waals surface area contributed by atoms with Crippen LogP contribution in [0, 0.1) is 5.92 Å². The van der Waals surface area contributed by atoms with Crippen LogP contribution < -0.4 is 16.4 Å². The summed E-state index contributed by atoms with van der Waals surface area (Å²) in [5, 5.41) is 14.0. The minimum absolute atomic E-state index is 0.259. The van der Waals surface area contributed by atoms with Gasteiger partial charge < -0.3 is 26.4 Å². The third kappa shape index (κ3) is 6.33. The lowest BCUT2D eigenvalue weighted by Gasteiger charge is -2.25. The smallest absolute Gasteiger partial charge is 0.326 e. The number of nitrogens with two attached hydrogens (primary N) is 1. The molecule has 0 aromatic rings. The maximum absolute atomic E-state index is 12.3. The van der Waals surface area contributed by atoms with E-state index in [1.54, 1.807) is 0 Å². The third-order valence-corrected chi connectivity index (χ3v) is 4.05. The van der Waals surface area contributed by atoms with Crippen molar-refractivity contribution in [1.82, 2.24) is 15.5 Å². The number of carboxylic acid groups (broad SMARTS) is 1. The Hall–Kier alpha value is -2.16. The van der Waals surface area contributed by atoms with E-state index in [2.05, 4.69) is 10.6 Å². The average molecular weight is 356 g/mol. The van der Waals surface area contributed by atoms with Gasteiger partial charge in [-0.05, 0) is 32.1 Å². The molecule has 0 spiro atoms. The zero-order valence-corrected chi connectivity index (χ0v) is 14.9. The van der Waals surface area contributed by atoms with E-state index in [1.165, 1.54) is 11.8 Å². The molecular weight excluding hydrogens is 328 g/mol. The summed E-state index contributed by atoms with van der Waals surface area (Å²) in [6.07, 6.45) is 1.53. The Labute approximate surface area is 147 Å². The molecule has 25 heavy (non-hydrogen) atoms. The molecular formula is C16H28N4O5. The van der Waals surface area contributed by atoms with Crippen molar-refractivity contribution >= 4 is 23.7 Å². The summed E-state index contributed by atoms with van der Waals surface area (Å²) >= 11 is 0. The Morgan fingerprint density at radius 3 is 2.44 bits per heavy atom. The van der Waals surface area contributed by atoms with Crippen LogP contribution >= 0.6 is 0 Å². The highest BCUT2D eigenvalue weighted by Gasteiger charge is 2.36. The number of hydrogen-bond acceptors (Lipinski definition) is 5. The fourth-order valence-electron chi connectivity index (χ4n) is 2.80. The normalized spacial score (nSPS) is 19.4. The Balaban J connectivity index is 2.44. The van der Waals surface area contributed by atoms with Crippen molar-refractivity contribution < 1.29 is 24.3 Å². The van der Waals surface area contributed by atoms with Crippen molar-refractivity contribution in [3.8, 4) is 0 Å². The van der Waals surface area contributed by atoms with Crippen LogP contribution in [0.5, 0.6) is 0 Å². The Morgan fingerprint density at radius 1 is 1.24 bits per heavy atom. The fraction of sp³-hybridized carbons (Fsp3) is 0.750. The number of aliphatic carboxylic acids is 1. The first-order chi connectivity index (χ1) is 11.6. The molecule has 0 aromatic carbocycles. The van der Waals surface area contributed by atoms with Crippen molar-refractivity contribution in [2.24, 2.45) is 11.7 Å². The molecule has 3 atom stereocenters. The number of carboxylic acids is 1. The molecule has 5 N–H and O–H groups in total. The molecule has 1 fully saturated rings. The third-order valence-electron chi connectivity index (χ3n) is 4.05. The molecule has 1 rings (SSSR count). The van der Waals surface area contributed by atoms with Gasteiger partial charge in [-0.25, -0.2) is 4.79 Å². The van der Waals surface area contributed by atoms with Gasteiger partial charge in [0.2, 0.25) is 17.7 Å². The second-order valence-corrected chi connectivity index (χ2v) is 6.77. The van der Waals surface area contributed by atoms with Crippen LogP contribution in [0.15, 0.2) is 0 Å². The summed E-state index contributed by atoms with van der Waals surface area (Å²) in [5.74, 6) is -2.18. The summed E-state index contributed by atoms with van der Waals surface area (Å²) in [6, 6.07) is -2.40.